The number of hydrogen-bond donors (Lipinski definition) is 1. The van der Waals surface area contributed by atoms with Gasteiger partial charge in [-0.2, -0.15) is 0 Å². The molecule has 26 heavy (non-hydrogen) atoms. The van der Waals surface area contributed by atoms with Crippen LogP contribution in [0.4, 0.5) is 0 Å². The van der Waals surface area contributed by atoms with Gasteiger partial charge >= 0.3 is 0 Å². The van der Waals surface area contributed by atoms with Gasteiger partial charge in [0.1, 0.15) is 24.0 Å². The van der Waals surface area contributed by atoms with Crippen LogP contribution < -0.4 is 9.47 Å². The number of aliphatic hydroxyl groups is 1. The molecule has 6 nitrogen and oxygen atoms in total. The Morgan fingerprint density at radius 2 is 1.46 bits per heavy atom. The van der Waals surface area contributed by atoms with Crippen molar-refractivity contribution in [3.8, 4) is 11.5 Å². The summed E-state index contributed by atoms with van der Waals surface area (Å²) in [5.41, 5.74) is 1.39. The van der Waals surface area contributed by atoms with E-state index < -0.39 is 5.54 Å². The summed E-state index contributed by atoms with van der Waals surface area (Å²) in [6, 6.07) is 15.6. The van der Waals surface area contributed by atoms with E-state index in [0.717, 1.165) is 22.6 Å². The third kappa shape index (κ3) is 2.75. The molecule has 6 heteroatoms. The molecule has 3 atom stereocenters. The lowest BCUT2D eigenvalue weighted by Gasteiger charge is -2.33. The van der Waals surface area contributed by atoms with Crippen molar-refractivity contribution in [1.82, 2.24) is 4.90 Å². The molecule has 1 N–H and O–H groups in total. The zero-order valence-corrected chi connectivity index (χ0v) is 14.9. The first kappa shape index (κ1) is 17.3. The molecule has 0 saturated carbocycles. The summed E-state index contributed by atoms with van der Waals surface area (Å²) in [5.74, 6) is 1.54. The van der Waals surface area contributed by atoms with Crippen molar-refractivity contribution in [3.63, 3.8) is 0 Å². The Labute approximate surface area is 152 Å². The predicted molar refractivity (Wildman–Crippen MR) is 95.0 cm³/mol. The van der Waals surface area contributed by atoms with E-state index in [-0.39, 0.29) is 19.1 Å². The number of rotatable bonds is 5. The van der Waals surface area contributed by atoms with E-state index in [2.05, 4.69) is 4.90 Å². The van der Waals surface area contributed by atoms with Crippen molar-refractivity contribution in [3.05, 3.63) is 59.7 Å². The fourth-order valence-corrected chi connectivity index (χ4v) is 3.72. The maximum atomic E-state index is 10.1. The Kier molecular flexibility index (Phi) is 4.58. The first-order valence-corrected chi connectivity index (χ1v) is 8.61. The van der Waals surface area contributed by atoms with E-state index in [0.29, 0.717) is 13.2 Å². The standard InChI is InChI=1S/C20H23NO5/c1-23-16-7-3-5-14(9-16)18-21-19(15-6-4-8-17(10-15)24-2)26-13-20(21,11-22)12-25-18/h3-10,18-19,22H,11-13H2,1-2H3/t18-,19?,20?/m0/s1. The van der Waals surface area contributed by atoms with Gasteiger partial charge in [-0.15, -0.1) is 0 Å². The number of fused-ring (bicyclic) bond motifs is 1. The van der Waals surface area contributed by atoms with Crippen LogP contribution in [-0.4, -0.2) is 49.6 Å². The lowest BCUT2D eigenvalue weighted by molar-refractivity contribution is -0.0631. The number of aliphatic hydroxyl groups excluding tert-OH is 1. The normalized spacial score (nSPS) is 28.1. The highest BCUT2D eigenvalue weighted by Gasteiger charge is 2.56. The third-order valence-electron chi connectivity index (χ3n) is 5.12. The second kappa shape index (κ2) is 6.89. The summed E-state index contributed by atoms with van der Waals surface area (Å²) in [6.45, 7) is 0.783. The Bertz CT molecular complexity index is 721. The van der Waals surface area contributed by atoms with Crippen molar-refractivity contribution in [2.75, 3.05) is 34.0 Å². The third-order valence-corrected chi connectivity index (χ3v) is 5.12. The van der Waals surface area contributed by atoms with Gasteiger partial charge in [0, 0.05) is 0 Å². The molecular formula is C20H23NO5. The SMILES string of the molecule is COc1cccc(C2OCC3(CO)CO[C@@H](c4cccc(OC)c4)N23)c1. The molecule has 2 aromatic rings. The van der Waals surface area contributed by atoms with Crippen molar-refractivity contribution in [2.45, 2.75) is 18.0 Å². The van der Waals surface area contributed by atoms with Crippen molar-refractivity contribution < 1.29 is 24.1 Å². The summed E-state index contributed by atoms with van der Waals surface area (Å²) in [4.78, 5) is 2.12. The molecule has 0 radical (unpaired) electrons. The minimum atomic E-state index is -0.554. The number of methoxy groups -OCH3 is 2. The van der Waals surface area contributed by atoms with Crippen molar-refractivity contribution in [1.29, 1.82) is 0 Å². The van der Waals surface area contributed by atoms with Crippen LogP contribution in [0.5, 0.6) is 11.5 Å². The van der Waals surface area contributed by atoms with Gasteiger partial charge in [-0.1, -0.05) is 24.3 Å². The molecule has 4 rings (SSSR count). The van der Waals surface area contributed by atoms with Gasteiger partial charge in [0.2, 0.25) is 0 Å². The van der Waals surface area contributed by atoms with Crippen LogP contribution in [0.15, 0.2) is 48.5 Å². The Hall–Kier alpha value is -2.12. The van der Waals surface area contributed by atoms with Gasteiger partial charge in [-0.05, 0) is 35.4 Å². The van der Waals surface area contributed by atoms with Gasteiger partial charge < -0.3 is 24.1 Å². The summed E-state index contributed by atoms with van der Waals surface area (Å²) >= 11 is 0. The van der Waals surface area contributed by atoms with Crippen LogP contribution in [0.3, 0.4) is 0 Å². The van der Waals surface area contributed by atoms with Crippen LogP contribution in [0.1, 0.15) is 23.6 Å². The van der Waals surface area contributed by atoms with Crippen LogP contribution in [0, 0.1) is 0 Å². The maximum absolute atomic E-state index is 10.1. The molecule has 2 aliphatic rings. The largest absolute Gasteiger partial charge is 0.497 e. The average molecular weight is 357 g/mol. The summed E-state index contributed by atoms with van der Waals surface area (Å²) in [6.07, 6.45) is -0.646. The van der Waals surface area contributed by atoms with E-state index in [1.807, 2.05) is 48.5 Å². The quantitative estimate of drug-likeness (QED) is 0.887. The lowest BCUT2D eigenvalue weighted by Crippen LogP contribution is -2.47. The zero-order chi connectivity index (χ0) is 18.1. The molecule has 0 aliphatic carbocycles. The molecule has 0 aromatic heterocycles. The number of ether oxygens (including phenoxy) is 4. The maximum Gasteiger partial charge on any atom is 0.139 e. The van der Waals surface area contributed by atoms with Crippen molar-refractivity contribution >= 4 is 0 Å². The Balaban J connectivity index is 1.73. The molecule has 2 heterocycles. The first-order chi connectivity index (χ1) is 12.7. The summed E-state index contributed by atoms with van der Waals surface area (Å²) in [7, 11) is 3.29. The highest BCUT2D eigenvalue weighted by Crippen LogP contribution is 2.49. The molecular weight excluding hydrogens is 334 g/mol. The van der Waals surface area contributed by atoms with E-state index in [4.69, 9.17) is 18.9 Å². The molecule has 2 saturated heterocycles. The molecule has 0 spiro atoms. The van der Waals surface area contributed by atoms with Crippen LogP contribution in [-0.2, 0) is 9.47 Å². The second-order valence-electron chi connectivity index (χ2n) is 6.67. The minimum Gasteiger partial charge on any atom is -0.497 e. The van der Waals surface area contributed by atoms with Gasteiger partial charge in [-0.3, -0.25) is 0 Å². The molecule has 0 amide bonds. The predicted octanol–water partition coefficient (Wildman–Crippen LogP) is 2.49. The van der Waals surface area contributed by atoms with Crippen molar-refractivity contribution in [2.24, 2.45) is 0 Å². The molecule has 2 unspecified atom stereocenters. The second-order valence-corrected chi connectivity index (χ2v) is 6.67. The highest BCUT2D eigenvalue weighted by molar-refractivity contribution is 5.34. The lowest BCUT2D eigenvalue weighted by atomic mass is 10.0. The molecule has 2 fully saturated rings. The minimum absolute atomic E-state index is 0.0338. The molecule has 2 aliphatic heterocycles. The molecule has 0 bridgehead atoms. The van der Waals surface area contributed by atoms with E-state index in [1.54, 1.807) is 14.2 Å². The molecule has 138 valence electrons. The van der Waals surface area contributed by atoms with Gasteiger partial charge in [0.25, 0.3) is 0 Å². The number of nitrogens with zero attached hydrogens (tertiary/aromatic N) is 1. The van der Waals surface area contributed by atoms with Gasteiger partial charge in [0.15, 0.2) is 0 Å². The van der Waals surface area contributed by atoms with Crippen LogP contribution in [0.2, 0.25) is 0 Å². The Morgan fingerprint density at radius 1 is 0.962 bits per heavy atom. The topological polar surface area (TPSA) is 60.4 Å². The smallest absolute Gasteiger partial charge is 0.139 e. The number of benzene rings is 2. The fourth-order valence-electron chi connectivity index (χ4n) is 3.72. The van der Waals surface area contributed by atoms with Gasteiger partial charge in [-0.25, -0.2) is 4.90 Å². The highest BCUT2D eigenvalue weighted by atomic mass is 16.6. The first-order valence-electron chi connectivity index (χ1n) is 8.61. The monoisotopic (exact) mass is 357 g/mol. The Morgan fingerprint density at radius 3 is 1.88 bits per heavy atom. The van der Waals surface area contributed by atoms with Crippen LogP contribution >= 0.6 is 0 Å². The van der Waals surface area contributed by atoms with E-state index in [9.17, 15) is 5.11 Å². The van der Waals surface area contributed by atoms with Gasteiger partial charge in [0.05, 0.1) is 39.6 Å². The van der Waals surface area contributed by atoms with E-state index >= 15 is 0 Å². The number of hydrogen-bond acceptors (Lipinski definition) is 6. The summed E-state index contributed by atoms with van der Waals surface area (Å²) < 4.78 is 22.9. The van der Waals surface area contributed by atoms with E-state index in [1.165, 1.54) is 0 Å². The molecule has 2 aromatic carbocycles. The van der Waals surface area contributed by atoms with Crippen LogP contribution in [0.25, 0.3) is 0 Å². The zero-order valence-electron chi connectivity index (χ0n) is 14.9. The average Bonchev–Trinajstić information content (AvgIpc) is 3.25. The summed E-state index contributed by atoms with van der Waals surface area (Å²) in [5, 5.41) is 10.1. The fraction of sp³-hybridized carbons (Fsp3) is 0.400.